The molecule has 2 aromatic carbocycles. The van der Waals surface area contributed by atoms with E-state index in [9.17, 15) is 0 Å². The summed E-state index contributed by atoms with van der Waals surface area (Å²) in [4.78, 5) is 13.4. The number of aromatic amines is 1. The Balaban J connectivity index is 1.25. The van der Waals surface area contributed by atoms with Crippen LogP contribution in [-0.2, 0) is 0 Å². The molecule has 1 aliphatic heterocycles. The maximum atomic E-state index is 6.16. The molecule has 5 rings (SSSR count). The van der Waals surface area contributed by atoms with Crippen molar-refractivity contribution in [2.75, 3.05) is 45.6 Å². The summed E-state index contributed by atoms with van der Waals surface area (Å²) in [7, 11) is 4.16. The molecule has 1 fully saturated rings. The molecule has 1 aliphatic rings. The van der Waals surface area contributed by atoms with E-state index < -0.39 is 0 Å². The second-order valence-corrected chi connectivity index (χ2v) is 9.44. The molecule has 0 unspecified atom stereocenters. The summed E-state index contributed by atoms with van der Waals surface area (Å²) in [6.45, 7) is 3.97. The van der Waals surface area contributed by atoms with Gasteiger partial charge in [0.25, 0.3) is 0 Å². The van der Waals surface area contributed by atoms with Crippen LogP contribution in [0, 0.1) is 0 Å². The fourth-order valence-corrected chi connectivity index (χ4v) is 4.37. The molecule has 3 heterocycles. The third kappa shape index (κ3) is 6.63. The molecule has 4 aromatic rings. The molecule has 192 valence electrons. The molecule has 0 spiro atoms. The molecular weight excluding hydrogens is 466 g/mol. The highest BCUT2D eigenvalue weighted by Crippen LogP contribution is 2.33. The number of likely N-dealkylation sites (tertiary alicyclic amines) is 1. The number of nitrogens with one attached hydrogen (secondary N) is 2. The van der Waals surface area contributed by atoms with E-state index in [4.69, 9.17) is 9.47 Å². The number of piperidine rings is 1. The summed E-state index contributed by atoms with van der Waals surface area (Å²) in [6, 6.07) is 17.4. The highest BCUT2D eigenvalue weighted by Gasteiger charge is 2.22. The summed E-state index contributed by atoms with van der Waals surface area (Å²) in [5.74, 6) is 3.34. The molecule has 37 heavy (non-hydrogen) atoms. The second kappa shape index (κ2) is 11.9. The van der Waals surface area contributed by atoms with Gasteiger partial charge in [0.05, 0.1) is 0 Å². The van der Waals surface area contributed by atoms with Crippen molar-refractivity contribution in [1.29, 1.82) is 0 Å². The molecule has 9 nitrogen and oxygen atoms in total. The monoisotopic (exact) mass is 499 g/mol. The van der Waals surface area contributed by atoms with Crippen molar-refractivity contribution in [1.82, 2.24) is 30.0 Å². The quantitative estimate of drug-likeness (QED) is 0.297. The minimum Gasteiger partial charge on any atom is -0.457 e. The van der Waals surface area contributed by atoms with Gasteiger partial charge in [-0.25, -0.2) is 9.97 Å². The second-order valence-electron chi connectivity index (χ2n) is 9.44. The molecular formula is C28H33N7O2. The van der Waals surface area contributed by atoms with Crippen LogP contribution < -0.4 is 14.8 Å². The molecule has 1 saturated heterocycles. The number of fused-ring (bicyclic) bond motifs is 1. The molecule has 9 heteroatoms. The number of likely N-dealkylation sites (N-methyl/N-ethyl adjacent to an activating group) is 1. The van der Waals surface area contributed by atoms with E-state index in [1.165, 1.54) is 6.33 Å². The van der Waals surface area contributed by atoms with Crippen LogP contribution in [0.4, 0.5) is 5.82 Å². The zero-order valence-corrected chi connectivity index (χ0v) is 21.3. The lowest BCUT2D eigenvalue weighted by Crippen LogP contribution is -2.42. The number of para-hydroxylation sites is 1. The van der Waals surface area contributed by atoms with E-state index in [2.05, 4.69) is 61.5 Å². The number of hydrogen-bond donors (Lipinski definition) is 2. The average Bonchev–Trinajstić information content (AvgIpc) is 3.32. The van der Waals surface area contributed by atoms with Crippen LogP contribution in [0.3, 0.4) is 0 Å². The Labute approximate surface area is 217 Å². The van der Waals surface area contributed by atoms with E-state index in [0.29, 0.717) is 23.1 Å². The van der Waals surface area contributed by atoms with E-state index in [0.717, 1.165) is 55.9 Å². The predicted octanol–water partition coefficient (Wildman–Crippen LogP) is 4.93. The summed E-state index contributed by atoms with van der Waals surface area (Å²) < 4.78 is 12.0. The molecule has 2 aromatic heterocycles. The fraction of sp³-hybridized carbons (Fsp3) is 0.321. The number of benzene rings is 2. The standard InChI is InChI=1S/C28H33N7O2/c1-34(2)16-6-7-17-35-18-8-9-21(19-35)31-27-25-26(32-33-27)29-20-30-28(25)37-24-14-12-23(13-15-24)36-22-10-4-3-5-11-22/h3-7,10-15,20-21H,8-9,16-19H2,1-2H3,(H2,29,30,31,32,33)/b7-6+/t21-/m1/s1. The van der Waals surface area contributed by atoms with Gasteiger partial charge in [-0.05, 0) is 69.9 Å². The normalized spacial score (nSPS) is 16.5. The van der Waals surface area contributed by atoms with Crippen molar-refractivity contribution in [3.8, 4) is 23.1 Å². The molecule has 0 amide bonds. The first-order chi connectivity index (χ1) is 18.1. The third-order valence-corrected chi connectivity index (χ3v) is 6.19. The first-order valence-corrected chi connectivity index (χ1v) is 12.6. The highest BCUT2D eigenvalue weighted by molar-refractivity contribution is 5.91. The zero-order valence-electron chi connectivity index (χ0n) is 21.3. The van der Waals surface area contributed by atoms with E-state index in [-0.39, 0.29) is 6.04 Å². The number of hydrogen-bond acceptors (Lipinski definition) is 8. The van der Waals surface area contributed by atoms with Gasteiger partial charge in [0.1, 0.15) is 29.0 Å². The largest absolute Gasteiger partial charge is 0.457 e. The van der Waals surface area contributed by atoms with Gasteiger partial charge in [-0.1, -0.05) is 30.4 Å². The maximum Gasteiger partial charge on any atom is 0.235 e. The van der Waals surface area contributed by atoms with Crippen LogP contribution in [0.25, 0.3) is 11.0 Å². The molecule has 2 N–H and O–H groups in total. The fourth-order valence-electron chi connectivity index (χ4n) is 4.37. The van der Waals surface area contributed by atoms with Crippen LogP contribution in [0.15, 0.2) is 73.1 Å². The Morgan fingerprint density at radius 1 is 1.00 bits per heavy atom. The average molecular weight is 500 g/mol. The lowest BCUT2D eigenvalue weighted by molar-refractivity contribution is 0.237. The van der Waals surface area contributed by atoms with Gasteiger partial charge in [0, 0.05) is 25.7 Å². The Kier molecular flexibility index (Phi) is 7.93. The summed E-state index contributed by atoms with van der Waals surface area (Å²) in [5.41, 5.74) is 0.635. The first kappa shape index (κ1) is 24.7. The van der Waals surface area contributed by atoms with Gasteiger partial charge in [0.15, 0.2) is 11.5 Å². The number of aromatic nitrogens is 4. The number of ether oxygens (including phenoxy) is 2. The summed E-state index contributed by atoms with van der Waals surface area (Å²) >= 11 is 0. The van der Waals surface area contributed by atoms with Crippen molar-refractivity contribution in [2.24, 2.45) is 0 Å². The molecule has 0 bridgehead atoms. The van der Waals surface area contributed by atoms with Gasteiger partial charge in [-0.15, -0.1) is 0 Å². The zero-order chi connectivity index (χ0) is 25.5. The molecule has 0 aliphatic carbocycles. The summed E-state index contributed by atoms with van der Waals surface area (Å²) in [5, 5.41) is 11.9. The van der Waals surface area contributed by atoms with Gasteiger partial charge >= 0.3 is 0 Å². The Hall–Kier alpha value is -3.95. The van der Waals surface area contributed by atoms with Crippen LogP contribution in [-0.4, -0.2) is 76.3 Å². The SMILES string of the molecule is CN(C)C/C=C/CN1CCC[C@@H](Nc2n[nH]c3ncnc(Oc4ccc(Oc5ccccc5)cc4)c23)C1. The van der Waals surface area contributed by atoms with Crippen LogP contribution >= 0.6 is 0 Å². The van der Waals surface area contributed by atoms with Gasteiger partial charge in [-0.3, -0.25) is 10.00 Å². The van der Waals surface area contributed by atoms with Crippen molar-refractivity contribution < 1.29 is 9.47 Å². The molecule has 0 radical (unpaired) electrons. The van der Waals surface area contributed by atoms with Crippen molar-refractivity contribution >= 4 is 16.9 Å². The Bertz CT molecular complexity index is 1310. The van der Waals surface area contributed by atoms with E-state index >= 15 is 0 Å². The minimum absolute atomic E-state index is 0.282. The third-order valence-electron chi connectivity index (χ3n) is 6.19. The van der Waals surface area contributed by atoms with Gasteiger partial charge in [-0.2, -0.15) is 5.10 Å². The Morgan fingerprint density at radius 2 is 1.76 bits per heavy atom. The molecule has 0 saturated carbocycles. The smallest absolute Gasteiger partial charge is 0.235 e. The lowest BCUT2D eigenvalue weighted by atomic mass is 10.1. The van der Waals surface area contributed by atoms with Gasteiger partial charge in [0.2, 0.25) is 5.88 Å². The van der Waals surface area contributed by atoms with Crippen molar-refractivity contribution in [3.05, 3.63) is 73.1 Å². The van der Waals surface area contributed by atoms with Crippen molar-refractivity contribution in [3.63, 3.8) is 0 Å². The van der Waals surface area contributed by atoms with Crippen LogP contribution in [0.5, 0.6) is 23.1 Å². The number of anilines is 1. The van der Waals surface area contributed by atoms with Gasteiger partial charge < -0.3 is 19.7 Å². The van der Waals surface area contributed by atoms with Crippen LogP contribution in [0.2, 0.25) is 0 Å². The van der Waals surface area contributed by atoms with E-state index in [1.54, 1.807) is 0 Å². The lowest BCUT2D eigenvalue weighted by Gasteiger charge is -2.32. The summed E-state index contributed by atoms with van der Waals surface area (Å²) in [6.07, 6.45) is 8.18. The van der Waals surface area contributed by atoms with E-state index in [1.807, 2.05) is 54.6 Å². The molecule has 1 atom stereocenters. The predicted molar refractivity (Wildman–Crippen MR) is 145 cm³/mol. The minimum atomic E-state index is 0.282. The number of H-pyrrole nitrogens is 1. The number of nitrogens with zero attached hydrogens (tertiary/aromatic N) is 5. The van der Waals surface area contributed by atoms with Crippen molar-refractivity contribution in [2.45, 2.75) is 18.9 Å². The first-order valence-electron chi connectivity index (χ1n) is 12.6. The van der Waals surface area contributed by atoms with Crippen LogP contribution in [0.1, 0.15) is 12.8 Å². The topological polar surface area (TPSA) is 91.4 Å². The maximum absolute atomic E-state index is 6.16. The Morgan fingerprint density at radius 3 is 2.54 bits per heavy atom. The highest BCUT2D eigenvalue weighted by atomic mass is 16.5. The number of rotatable bonds is 10.